The molecular formula is C33H69NO9. The van der Waals surface area contributed by atoms with Crippen molar-refractivity contribution in [2.75, 3.05) is 33.5 Å². The van der Waals surface area contributed by atoms with Gasteiger partial charge in [0.05, 0.1) is 37.6 Å². The SMILES string of the molecule is CCCCCON(OC(CCCCC(OCC)(OCCC)OC(C)C)OC)C(OCCCC)(OC(C)CC)OC(C)(C)C. The molecule has 0 heterocycles. The van der Waals surface area contributed by atoms with Gasteiger partial charge in [-0.05, 0) is 87.0 Å². The van der Waals surface area contributed by atoms with Crippen LogP contribution < -0.4 is 0 Å². The minimum Gasteiger partial charge on any atom is -0.354 e. The molecule has 43 heavy (non-hydrogen) atoms. The first-order valence-corrected chi connectivity index (χ1v) is 17.0. The Morgan fingerprint density at radius 2 is 1.40 bits per heavy atom. The molecule has 0 aliphatic heterocycles. The molecule has 0 saturated carbocycles. The van der Waals surface area contributed by atoms with Crippen molar-refractivity contribution in [1.29, 1.82) is 0 Å². The maximum atomic E-state index is 6.51. The van der Waals surface area contributed by atoms with Gasteiger partial charge in [-0.15, -0.1) is 0 Å². The quantitative estimate of drug-likeness (QED) is 0.0459. The fourth-order valence-corrected chi connectivity index (χ4v) is 4.09. The number of hydrogen-bond acceptors (Lipinski definition) is 10. The molecular weight excluding hydrogens is 554 g/mol. The molecule has 0 amide bonds. The van der Waals surface area contributed by atoms with Crippen LogP contribution in [0.3, 0.4) is 0 Å². The summed E-state index contributed by atoms with van der Waals surface area (Å²) < 4.78 is 43.4. The molecule has 0 rings (SSSR count). The van der Waals surface area contributed by atoms with Crippen molar-refractivity contribution in [3.63, 3.8) is 0 Å². The molecule has 0 aromatic carbocycles. The summed E-state index contributed by atoms with van der Waals surface area (Å²) in [6, 6.07) is 0. The van der Waals surface area contributed by atoms with E-state index in [9.17, 15) is 0 Å². The third kappa shape index (κ3) is 19.0. The van der Waals surface area contributed by atoms with Gasteiger partial charge in [0, 0.05) is 31.8 Å². The predicted octanol–water partition coefficient (Wildman–Crippen LogP) is 8.47. The fraction of sp³-hybridized carbons (Fsp3) is 1.00. The molecule has 10 nitrogen and oxygen atoms in total. The smallest absolute Gasteiger partial charge is 0.354 e. The number of unbranched alkanes of at least 4 members (excludes halogenated alkanes) is 4. The van der Waals surface area contributed by atoms with E-state index in [0.29, 0.717) is 39.3 Å². The maximum absolute atomic E-state index is 6.51. The van der Waals surface area contributed by atoms with Crippen LogP contribution in [0.15, 0.2) is 0 Å². The average molecular weight is 624 g/mol. The van der Waals surface area contributed by atoms with Crippen LogP contribution >= 0.6 is 0 Å². The van der Waals surface area contributed by atoms with Crippen LogP contribution in [0, 0.1) is 0 Å². The van der Waals surface area contributed by atoms with Crippen molar-refractivity contribution >= 4 is 0 Å². The van der Waals surface area contributed by atoms with Crippen molar-refractivity contribution in [3.05, 3.63) is 0 Å². The molecule has 4 atom stereocenters. The third-order valence-corrected chi connectivity index (χ3v) is 6.28. The number of hydroxylamine groups is 2. The molecule has 0 fully saturated rings. The van der Waals surface area contributed by atoms with Crippen LogP contribution in [0.5, 0.6) is 0 Å². The maximum Gasteiger partial charge on any atom is 0.401 e. The van der Waals surface area contributed by atoms with Crippen LogP contribution in [0.1, 0.15) is 147 Å². The normalized spacial score (nSPS) is 16.9. The molecule has 0 radical (unpaired) electrons. The Morgan fingerprint density at radius 1 is 0.698 bits per heavy atom. The summed E-state index contributed by atoms with van der Waals surface area (Å²) in [6.45, 7) is 24.1. The van der Waals surface area contributed by atoms with E-state index in [0.717, 1.165) is 57.8 Å². The van der Waals surface area contributed by atoms with E-state index in [1.807, 2.05) is 48.5 Å². The summed E-state index contributed by atoms with van der Waals surface area (Å²) in [6.07, 6.45) is 6.47. The number of nitrogens with zero attached hydrogens (tertiary/aromatic N) is 1. The van der Waals surface area contributed by atoms with E-state index in [-0.39, 0.29) is 12.2 Å². The number of ether oxygens (including phenoxy) is 7. The zero-order valence-corrected chi connectivity index (χ0v) is 30.0. The highest BCUT2D eigenvalue weighted by atomic mass is 17.1. The Balaban J connectivity index is 5.98. The predicted molar refractivity (Wildman–Crippen MR) is 170 cm³/mol. The standard InChI is InChI=1S/C33H69NO9/c1-13-18-22-27-39-34(33(38-26-19-14-2,41-29(8)16-4)43-31(9,10)11)42-30(35-12)23-20-21-24-32(36-17-5,37-25-15-3)40-28(6)7/h28-30H,13-27H2,1-12H3. The highest BCUT2D eigenvalue weighted by Gasteiger charge is 2.49. The summed E-state index contributed by atoms with van der Waals surface area (Å²) in [5, 5.41) is 1.26. The van der Waals surface area contributed by atoms with Crippen molar-refractivity contribution < 1.29 is 42.8 Å². The molecule has 0 aliphatic rings. The molecule has 0 spiro atoms. The summed E-state index contributed by atoms with van der Waals surface area (Å²) in [5.41, 5.74) is -0.631. The summed E-state index contributed by atoms with van der Waals surface area (Å²) in [5.74, 6) is -1.07. The summed E-state index contributed by atoms with van der Waals surface area (Å²) >= 11 is 0. The largest absolute Gasteiger partial charge is 0.401 e. The Bertz CT molecular complexity index is 648. The van der Waals surface area contributed by atoms with Crippen LogP contribution in [-0.4, -0.2) is 74.9 Å². The lowest BCUT2D eigenvalue weighted by atomic mass is 10.1. The highest BCUT2D eigenvalue weighted by molar-refractivity contribution is 4.66. The molecule has 4 unspecified atom stereocenters. The molecule has 0 aromatic heterocycles. The van der Waals surface area contributed by atoms with Crippen molar-refractivity contribution in [2.24, 2.45) is 0 Å². The van der Waals surface area contributed by atoms with E-state index >= 15 is 0 Å². The van der Waals surface area contributed by atoms with Gasteiger partial charge in [-0.2, -0.15) is 0 Å². The van der Waals surface area contributed by atoms with Gasteiger partial charge in [-0.3, -0.25) is 4.84 Å². The van der Waals surface area contributed by atoms with Gasteiger partial charge < -0.3 is 33.2 Å². The molecule has 260 valence electrons. The minimum absolute atomic E-state index is 0.0361. The second-order valence-electron chi connectivity index (χ2n) is 12.2. The second-order valence-corrected chi connectivity index (χ2v) is 12.2. The molecule has 0 saturated heterocycles. The van der Waals surface area contributed by atoms with Gasteiger partial charge in [0.15, 0.2) is 6.29 Å². The van der Waals surface area contributed by atoms with E-state index in [1.54, 1.807) is 7.11 Å². The number of hydrogen-bond donors (Lipinski definition) is 0. The first-order chi connectivity index (χ1) is 20.4. The Kier molecular flexibility index (Phi) is 23.6. The van der Waals surface area contributed by atoms with E-state index < -0.39 is 24.0 Å². The van der Waals surface area contributed by atoms with Crippen LogP contribution in [0.2, 0.25) is 0 Å². The summed E-state index contributed by atoms with van der Waals surface area (Å²) in [7, 11) is 1.62. The topological polar surface area (TPSA) is 86.3 Å². The van der Waals surface area contributed by atoms with E-state index in [4.69, 9.17) is 42.8 Å². The monoisotopic (exact) mass is 623 g/mol. The lowest BCUT2D eigenvalue weighted by Crippen LogP contribution is -2.60. The molecule has 10 heteroatoms. The average Bonchev–Trinajstić information content (AvgIpc) is 2.93. The minimum atomic E-state index is -1.73. The van der Waals surface area contributed by atoms with Gasteiger partial charge in [0.2, 0.25) is 0 Å². The third-order valence-electron chi connectivity index (χ3n) is 6.28. The van der Waals surface area contributed by atoms with E-state index in [2.05, 4.69) is 27.7 Å². The lowest BCUT2D eigenvalue weighted by Gasteiger charge is -2.44. The zero-order chi connectivity index (χ0) is 32.8. The Morgan fingerprint density at radius 3 is 1.93 bits per heavy atom. The molecule has 0 bridgehead atoms. The second kappa shape index (κ2) is 23.9. The van der Waals surface area contributed by atoms with Gasteiger partial charge in [-0.25, -0.2) is 4.84 Å². The first kappa shape index (κ1) is 42.6. The molecule has 0 aromatic rings. The molecule has 0 N–H and O–H groups in total. The Labute approximate surface area is 264 Å². The summed E-state index contributed by atoms with van der Waals surface area (Å²) in [4.78, 5) is 12.6. The van der Waals surface area contributed by atoms with Crippen LogP contribution in [-0.2, 0) is 42.8 Å². The van der Waals surface area contributed by atoms with Crippen molar-refractivity contribution in [3.8, 4) is 0 Å². The number of methoxy groups -OCH3 is 1. The van der Waals surface area contributed by atoms with Crippen molar-refractivity contribution in [1.82, 2.24) is 5.23 Å². The zero-order valence-electron chi connectivity index (χ0n) is 30.0. The highest BCUT2D eigenvalue weighted by Crippen LogP contribution is 2.32. The Hall–Kier alpha value is -0.400. The van der Waals surface area contributed by atoms with Crippen LogP contribution in [0.4, 0.5) is 0 Å². The van der Waals surface area contributed by atoms with E-state index in [1.165, 1.54) is 5.23 Å². The number of rotatable bonds is 29. The van der Waals surface area contributed by atoms with Gasteiger partial charge in [0.1, 0.15) is 0 Å². The van der Waals surface area contributed by atoms with Gasteiger partial charge >= 0.3 is 6.10 Å². The molecule has 0 aliphatic carbocycles. The van der Waals surface area contributed by atoms with Gasteiger partial charge in [-0.1, -0.05) is 47.0 Å². The lowest BCUT2D eigenvalue weighted by molar-refractivity contribution is -0.613. The van der Waals surface area contributed by atoms with Crippen LogP contribution in [0.25, 0.3) is 0 Å². The van der Waals surface area contributed by atoms with Gasteiger partial charge in [0.25, 0.3) is 5.97 Å². The first-order valence-electron chi connectivity index (χ1n) is 17.0. The fourth-order valence-electron chi connectivity index (χ4n) is 4.09. The van der Waals surface area contributed by atoms with Crippen molar-refractivity contribution in [2.45, 2.75) is 183 Å².